The number of carbonyl (C=O) groups is 3. The monoisotopic (exact) mass is 281 g/mol. The molecule has 2 amide bonds. The standard InChI is InChI=1S/C12H15N3O5/c1-15(4-3-10(16)20-2)12(19)14-9-5-8(11(17)18)6-13-7-9/h5-7H,3-4H2,1-2H3,(H,14,19)(H,17,18). The van der Waals surface area contributed by atoms with Gasteiger partial charge in [-0.15, -0.1) is 0 Å². The normalized spacial score (nSPS) is 9.70. The van der Waals surface area contributed by atoms with Crippen LogP contribution in [-0.4, -0.2) is 53.7 Å². The minimum Gasteiger partial charge on any atom is -0.478 e. The van der Waals surface area contributed by atoms with Gasteiger partial charge in [-0.1, -0.05) is 0 Å². The molecular weight excluding hydrogens is 266 g/mol. The van der Waals surface area contributed by atoms with Crippen LogP contribution < -0.4 is 5.32 Å². The molecule has 0 aromatic carbocycles. The Hall–Kier alpha value is -2.64. The van der Waals surface area contributed by atoms with Gasteiger partial charge in [-0.25, -0.2) is 9.59 Å². The van der Waals surface area contributed by atoms with Crippen molar-refractivity contribution >= 4 is 23.7 Å². The summed E-state index contributed by atoms with van der Waals surface area (Å²) in [6, 6.07) is 0.819. The van der Waals surface area contributed by atoms with Crippen LogP contribution in [0.4, 0.5) is 10.5 Å². The predicted octanol–water partition coefficient (Wildman–Crippen LogP) is 0.807. The Morgan fingerprint density at radius 3 is 2.70 bits per heavy atom. The fourth-order valence-corrected chi connectivity index (χ4v) is 1.31. The Morgan fingerprint density at radius 2 is 2.10 bits per heavy atom. The van der Waals surface area contributed by atoms with Gasteiger partial charge >= 0.3 is 18.0 Å². The van der Waals surface area contributed by atoms with Crippen molar-refractivity contribution in [2.75, 3.05) is 26.0 Å². The number of anilines is 1. The molecule has 0 aliphatic heterocycles. The number of methoxy groups -OCH3 is 1. The van der Waals surface area contributed by atoms with Gasteiger partial charge in [0.25, 0.3) is 0 Å². The van der Waals surface area contributed by atoms with Crippen LogP contribution in [0, 0.1) is 0 Å². The summed E-state index contributed by atoms with van der Waals surface area (Å²) in [5.74, 6) is -1.55. The quantitative estimate of drug-likeness (QED) is 0.773. The molecule has 0 bridgehead atoms. The highest BCUT2D eigenvalue weighted by atomic mass is 16.5. The summed E-state index contributed by atoms with van der Waals surface area (Å²) in [6.07, 6.45) is 2.59. The van der Waals surface area contributed by atoms with E-state index in [0.29, 0.717) is 0 Å². The topological polar surface area (TPSA) is 109 Å². The first kappa shape index (κ1) is 15.4. The van der Waals surface area contributed by atoms with E-state index < -0.39 is 18.0 Å². The molecule has 8 heteroatoms. The highest BCUT2D eigenvalue weighted by Gasteiger charge is 2.12. The maximum absolute atomic E-state index is 11.8. The van der Waals surface area contributed by atoms with Gasteiger partial charge in [0, 0.05) is 19.8 Å². The second-order valence-corrected chi connectivity index (χ2v) is 3.95. The Bertz CT molecular complexity index is 518. The Kier molecular flexibility index (Phi) is 5.45. The lowest BCUT2D eigenvalue weighted by Crippen LogP contribution is -2.33. The number of ether oxygens (including phenoxy) is 1. The van der Waals surface area contributed by atoms with Gasteiger partial charge < -0.3 is 20.1 Å². The van der Waals surface area contributed by atoms with E-state index in [0.717, 1.165) is 0 Å². The number of amides is 2. The molecule has 0 atom stereocenters. The first-order chi connectivity index (χ1) is 9.43. The molecule has 1 aromatic heterocycles. The van der Waals surface area contributed by atoms with Crippen molar-refractivity contribution < 1.29 is 24.2 Å². The highest BCUT2D eigenvalue weighted by Crippen LogP contribution is 2.09. The molecule has 0 spiro atoms. The maximum Gasteiger partial charge on any atom is 0.337 e. The van der Waals surface area contributed by atoms with Crippen molar-refractivity contribution in [1.82, 2.24) is 9.88 Å². The first-order valence-corrected chi connectivity index (χ1v) is 5.71. The lowest BCUT2D eigenvalue weighted by Gasteiger charge is -2.17. The lowest BCUT2D eigenvalue weighted by atomic mass is 10.2. The van der Waals surface area contributed by atoms with E-state index in [1.165, 1.54) is 37.5 Å². The number of nitrogens with zero attached hydrogens (tertiary/aromatic N) is 2. The number of pyridine rings is 1. The van der Waals surface area contributed by atoms with E-state index >= 15 is 0 Å². The zero-order chi connectivity index (χ0) is 15.1. The minimum atomic E-state index is -1.13. The number of hydrogen-bond acceptors (Lipinski definition) is 5. The predicted molar refractivity (Wildman–Crippen MR) is 69.5 cm³/mol. The van der Waals surface area contributed by atoms with Gasteiger partial charge in [-0.2, -0.15) is 0 Å². The number of carboxylic acid groups (broad SMARTS) is 1. The van der Waals surface area contributed by atoms with E-state index in [-0.39, 0.29) is 24.2 Å². The van der Waals surface area contributed by atoms with Crippen molar-refractivity contribution in [1.29, 1.82) is 0 Å². The number of carboxylic acids is 1. The third kappa shape index (κ3) is 4.56. The van der Waals surface area contributed by atoms with Crippen LogP contribution >= 0.6 is 0 Å². The molecule has 20 heavy (non-hydrogen) atoms. The van der Waals surface area contributed by atoms with Crippen LogP contribution in [0.25, 0.3) is 0 Å². The van der Waals surface area contributed by atoms with Gasteiger partial charge in [-0.05, 0) is 6.07 Å². The molecule has 0 aliphatic rings. The summed E-state index contributed by atoms with van der Waals surface area (Å²) in [7, 11) is 2.78. The number of rotatable bonds is 5. The van der Waals surface area contributed by atoms with Crippen LogP contribution in [0.5, 0.6) is 0 Å². The molecule has 0 radical (unpaired) electrons. The number of urea groups is 1. The summed E-state index contributed by atoms with van der Waals surface area (Å²) >= 11 is 0. The van der Waals surface area contributed by atoms with Crippen molar-refractivity contribution in [3.05, 3.63) is 24.0 Å². The highest BCUT2D eigenvalue weighted by molar-refractivity contribution is 5.92. The number of aromatic nitrogens is 1. The molecule has 0 aliphatic carbocycles. The zero-order valence-corrected chi connectivity index (χ0v) is 11.1. The van der Waals surface area contributed by atoms with Crippen molar-refractivity contribution in [3.63, 3.8) is 0 Å². The number of carbonyl (C=O) groups excluding carboxylic acids is 2. The number of nitrogens with one attached hydrogen (secondary N) is 1. The van der Waals surface area contributed by atoms with Gasteiger partial charge in [-0.3, -0.25) is 9.78 Å². The molecule has 1 heterocycles. The van der Waals surface area contributed by atoms with Crippen LogP contribution in [0.1, 0.15) is 16.8 Å². The van der Waals surface area contributed by atoms with Gasteiger partial charge in [0.05, 0.1) is 31.0 Å². The summed E-state index contributed by atoms with van der Waals surface area (Å²) in [4.78, 5) is 38.5. The Labute approximate surface area is 115 Å². The largest absolute Gasteiger partial charge is 0.478 e. The minimum absolute atomic E-state index is 0.0278. The van der Waals surface area contributed by atoms with Gasteiger partial charge in [0.15, 0.2) is 0 Å². The molecule has 0 fully saturated rings. The summed E-state index contributed by atoms with van der Waals surface area (Å²) in [6.45, 7) is 0.185. The fourth-order valence-electron chi connectivity index (χ4n) is 1.31. The Balaban J connectivity index is 2.59. The van der Waals surface area contributed by atoms with Crippen LogP contribution in [0.2, 0.25) is 0 Å². The van der Waals surface area contributed by atoms with Crippen molar-refractivity contribution in [2.45, 2.75) is 6.42 Å². The third-order valence-electron chi connectivity index (χ3n) is 2.46. The van der Waals surface area contributed by atoms with Crippen molar-refractivity contribution in [3.8, 4) is 0 Å². The number of esters is 1. The lowest BCUT2D eigenvalue weighted by molar-refractivity contribution is -0.140. The van der Waals surface area contributed by atoms with E-state index in [2.05, 4.69) is 15.0 Å². The van der Waals surface area contributed by atoms with Gasteiger partial charge in [0.2, 0.25) is 0 Å². The van der Waals surface area contributed by atoms with E-state index in [9.17, 15) is 14.4 Å². The van der Waals surface area contributed by atoms with E-state index in [1.807, 2.05) is 0 Å². The van der Waals surface area contributed by atoms with Crippen molar-refractivity contribution in [2.24, 2.45) is 0 Å². The molecule has 0 saturated carbocycles. The van der Waals surface area contributed by atoms with Crippen LogP contribution in [0.15, 0.2) is 18.5 Å². The second kappa shape index (κ2) is 7.07. The summed E-state index contributed by atoms with van der Waals surface area (Å²) in [5.41, 5.74) is 0.236. The molecule has 1 aromatic rings. The molecule has 0 saturated heterocycles. The summed E-state index contributed by atoms with van der Waals surface area (Å²) in [5, 5.41) is 11.3. The van der Waals surface area contributed by atoms with Crippen LogP contribution in [0.3, 0.4) is 0 Å². The molecule has 1 rings (SSSR count). The zero-order valence-electron chi connectivity index (χ0n) is 11.1. The molecule has 8 nitrogen and oxygen atoms in total. The molecule has 108 valence electrons. The number of aromatic carboxylic acids is 1. The van der Waals surface area contributed by atoms with E-state index in [4.69, 9.17) is 5.11 Å². The summed E-state index contributed by atoms with van der Waals surface area (Å²) < 4.78 is 4.47. The van der Waals surface area contributed by atoms with E-state index in [1.54, 1.807) is 0 Å². The maximum atomic E-state index is 11.8. The third-order valence-corrected chi connectivity index (χ3v) is 2.46. The number of hydrogen-bond donors (Lipinski definition) is 2. The smallest absolute Gasteiger partial charge is 0.337 e. The average Bonchev–Trinajstić information content (AvgIpc) is 2.44. The second-order valence-electron chi connectivity index (χ2n) is 3.95. The first-order valence-electron chi connectivity index (χ1n) is 5.71. The van der Waals surface area contributed by atoms with Crippen LogP contribution in [-0.2, 0) is 9.53 Å². The molecule has 2 N–H and O–H groups in total. The fraction of sp³-hybridized carbons (Fsp3) is 0.333. The average molecular weight is 281 g/mol. The Morgan fingerprint density at radius 1 is 1.40 bits per heavy atom. The van der Waals surface area contributed by atoms with Gasteiger partial charge in [0.1, 0.15) is 0 Å². The SMILES string of the molecule is COC(=O)CCN(C)C(=O)Nc1cncc(C(=O)O)c1. The molecule has 0 unspecified atom stereocenters. The molecular formula is C12H15N3O5.